The topological polar surface area (TPSA) is 30.0 Å². The van der Waals surface area contributed by atoms with Crippen LogP contribution in [0.2, 0.25) is 0 Å². The maximum Gasteiger partial charge on any atom is 0.281 e. The van der Waals surface area contributed by atoms with Crippen LogP contribution < -0.4 is 0 Å². The second-order valence-electron chi connectivity index (χ2n) is 2.26. The molecule has 7 heteroatoms. The molecule has 0 aliphatic carbocycles. The van der Waals surface area contributed by atoms with Gasteiger partial charge < -0.3 is 0 Å². The largest absolute Gasteiger partial charge is 0.281 e. The van der Waals surface area contributed by atoms with Gasteiger partial charge in [-0.3, -0.25) is 9.78 Å². The van der Waals surface area contributed by atoms with E-state index >= 15 is 0 Å². The van der Waals surface area contributed by atoms with Crippen molar-refractivity contribution in [2.45, 2.75) is 6.43 Å². The number of carbonyl (C=O) groups is 1. The summed E-state index contributed by atoms with van der Waals surface area (Å²) in [6.07, 6.45) is -1.64. The lowest BCUT2D eigenvalue weighted by Crippen LogP contribution is -2.01. The Kier molecular flexibility index (Phi) is 4.20. The fraction of sp³-hybridized carbons (Fsp3) is 0.143. The van der Waals surface area contributed by atoms with Crippen LogP contribution in [0.25, 0.3) is 0 Å². The predicted octanol–water partition coefficient (Wildman–Crippen LogP) is 3.77. The first kappa shape index (κ1) is 12.3. The smallest absolute Gasteiger partial charge is 0.276 e. The van der Waals surface area contributed by atoms with Crippen LogP contribution in [0.3, 0.4) is 0 Å². The Bertz CT molecular complexity index is 388. The zero-order chi connectivity index (χ0) is 10.9. The highest BCUT2D eigenvalue weighted by Gasteiger charge is 2.19. The molecule has 0 aliphatic rings. The maximum absolute atomic E-state index is 12.3. The van der Waals surface area contributed by atoms with Crippen molar-refractivity contribution in [3.8, 4) is 0 Å². The van der Waals surface area contributed by atoms with Crippen LogP contribution in [0.4, 0.5) is 8.78 Å². The monoisotopic (exact) mass is 395 g/mol. The van der Waals surface area contributed by atoms with Gasteiger partial charge in [0.05, 0.1) is 10.0 Å². The van der Waals surface area contributed by atoms with E-state index in [2.05, 4.69) is 20.9 Å². The molecule has 0 unspecified atom stereocenters. The molecule has 0 aromatic carbocycles. The summed E-state index contributed by atoms with van der Waals surface area (Å²) in [5.41, 5.74) is -0.278. The lowest BCUT2D eigenvalue weighted by molar-refractivity contribution is 0.107. The molecule has 0 saturated carbocycles. The minimum atomic E-state index is -2.68. The molecule has 0 bridgehead atoms. The van der Waals surface area contributed by atoms with Gasteiger partial charge >= 0.3 is 0 Å². The molecule has 0 spiro atoms. The Labute approximate surface area is 105 Å². The van der Waals surface area contributed by atoms with E-state index in [0.717, 1.165) is 6.20 Å². The maximum atomic E-state index is 12.3. The summed E-state index contributed by atoms with van der Waals surface area (Å²) in [6.45, 7) is 0. The summed E-state index contributed by atoms with van der Waals surface area (Å²) in [5, 5.41) is -0.719. The van der Waals surface area contributed by atoms with E-state index < -0.39 is 17.4 Å². The number of pyridine rings is 1. The summed E-state index contributed by atoms with van der Waals surface area (Å²) in [6, 6.07) is 0. The number of hydrogen-bond donors (Lipinski definition) is 0. The first-order chi connectivity index (χ1) is 6.45. The minimum Gasteiger partial charge on any atom is -0.276 e. The third-order valence-electron chi connectivity index (χ3n) is 1.41. The van der Waals surface area contributed by atoms with E-state index in [1.807, 2.05) is 0 Å². The highest BCUT2D eigenvalue weighted by Crippen LogP contribution is 2.31. The van der Waals surface area contributed by atoms with Crippen LogP contribution in [0.15, 0.2) is 10.7 Å². The van der Waals surface area contributed by atoms with Gasteiger partial charge in [-0.25, -0.2) is 8.78 Å². The van der Waals surface area contributed by atoms with Gasteiger partial charge in [0.1, 0.15) is 5.69 Å². The molecular formula is C7H2BrClF2INO. The van der Waals surface area contributed by atoms with Crippen molar-refractivity contribution in [1.82, 2.24) is 4.98 Å². The highest BCUT2D eigenvalue weighted by molar-refractivity contribution is 14.1. The molecule has 1 heterocycles. The molecule has 14 heavy (non-hydrogen) atoms. The van der Waals surface area contributed by atoms with E-state index in [-0.39, 0.29) is 10.0 Å². The summed E-state index contributed by atoms with van der Waals surface area (Å²) < 4.78 is 25.1. The van der Waals surface area contributed by atoms with Gasteiger partial charge in [0.25, 0.3) is 11.7 Å². The number of aromatic nitrogens is 1. The third-order valence-corrected chi connectivity index (χ3v) is 4.27. The zero-order valence-corrected chi connectivity index (χ0v) is 10.9. The van der Waals surface area contributed by atoms with Crippen LogP contribution in [-0.4, -0.2) is 10.2 Å². The van der Waals surface area contributed by atoms with E-state index in [0.29, 0.717) is 3.57 Å². The number of carbonyl (C=O) groups excluding carboxylic acids is 1. The second kappa shape index (κ2) is 4.80. The molecule has 0 radical (unpaired) electrons. The van der Waals surface area contributed by atoms with E-state index in [9.17, 15) is 13.6 Å². The summed E-state index contributed by atoms with van der Waals surface area (Å²) in [7, 11) is 0. The van der Waals surface area contributed by atoms with Crippen molar-refractivity contribution in [1.29, 1.82) is 0 Å². The first-order valence-corrected chi connectivity index (χ1v) is 5.52. The number of nitrogens with zero attached hydrogens (tertiary/aromatic N) is 1. The lowest BCUT2D eigenvalue weighted by Gasteiger charge is -2.06. The van der Waals surface area contributed by atoms with Crippen molar-refractivity contribution in [2.75, 3.05) is 0 Å². The van der Waals surface area contributed by atoms with Crippen molar-refractivity contribution >= 4 is 55.4 Å². The first-order valence-electron chi connectivity index (χ1n) is 3.27. The second-order valence-corrected chi connectivity index (χ2v) is 4.47. The Balaban J connectivity index is 3.33. The highest BCUT2D eigenvalue weighted by atomic mass is 127. The molecular weight excluding hydrogens is 394 g/mol. The van der Waals surface area contributed by atoms with Gasteiger partial charge in [-0.05, 0) is 50.1 Å². The number of rotatable bonds is 2. The molecule has 0 N–H and O–H groups in total. The van der Waals surface area contributed by atoms with Gasteiger partial charge in [0.2, 0.25) is 0 Å². The van der Waals surface area contributed by atoms with Gasteiger partial charge in [0, 0.05) is 9.77 Å². The van der Waals surface area contributed by atoms with Crippen LogP contribution in [0.1, 0.15) is 22.5 Å². The summed E-state index contributed by atoms with van der Waals surface area (Å²) in [5.74, 6) is 0. The number of hydrogen-bond acceptors (Lipinski definition) is 2. The van der Waals surface area contributed by atoms with E-state index in [4.69, 9.17) is 11.6 Å². The molecule has 0 amide bonds. The SMILES string of the molecule is O=C(Cl)c1cnc(C(F)F)c(Br)c1I. The standard InChI is InChI=1S/C7H2BrClF2INO/c8-3-4(12)2(6(9)14)1-13-5(3)7(10)11/h1,7H. The van der Waals surface area contributed by atoms with Crippen molar-refractivity contribution < 1.29 is 13.6 Å². The van der Waals surface area contributed by atoms with Gasteiger partial charge in [-0.2, -0.15) is 0 Å². The Morgan fingerprint density at radius 1 is 1.64 bits per heavy atom. The third kappa shape index (κ3) is 2.40. The Morgan fingerprint density at radius 3 is 2.64 bits per heavy atom. The quantitative estimate of drug-likeness (QED) is 0.563. The molecule has 2 nitrogen and oxygen atoms in total. The van der Waals surface area contributed by atoms with Gasteiger partial charge in [0.15, 0.2) is 0 Å². The van der Waals surface area contributed by atoms with E-state index in [1.165, 1.54) is 0 Å². The lowest BCUT2D eigenvalue weighted by atomic mass is 10.3. The number of alkyl halides is 2. The minimum absolute atomic E-state index is 0.111. The average Bonchev–Trinajstić information content (AvgIpc) is 2.08. The van der Waals surface area contributed by atoms with Crippen molar-refractivity contribution in [3.05, 3.63) is 25.5 Å². The predicted molar refractivity (Wildman–Crippen MR) is 59.8 cm³/mol. The normalized spacial score (nSPS) is 10.7. The molecule has 0 atom stereocenters. The molecule has 0 aliphatic heterocycles. The van der Waals surface area contributed by atoms with Crippen LogP contribution in [-0.2, 0) is 0 Å². The summed E-state index contributed by atoms with van der Waals surface area (Å²) >= 11 is 9.91. The fourth-order valence-corrected chi connectivity index (χ4v) is 2.22. The molecule has 0 fully saturated rings. The van der Waals surface area contributed by atoms with E-state index in [1.54, 1.807) is 22.6 Å². The molecule has 1 aromatic rings. The molecule has 76 valence electrons. The summed E-state index contributed by atoms with van der Waals surface area (Å²) in [4.78, 5) is 14.3. The molecule has 1 rings (SSSR count). The van der Waals surface area contributed by atoms with Gasteiger partial charge in [-0.15, -0.1) is 0 Å². The Morgan fingerprint density at radius 2 is 2.21 bits per heavy atom. The van der Waals surface area contributed by atoms with Crippen molar-refractivity contribution in [3.63, 3.8) is 0 Å². The van der Waals surface area contributed by atoms with Crippen LogP contribution >= 0.6 is 50.1 Å². The fourth-order valence-electron chi connectivity index (χ4n) is 0.767. The van der Waals surface area contributed by atoms with Crippen molar-refractivity contribution in [2.24, 2.45) is 0 Å². The Hall–Kier alpha value is 0.180. The average molecular weight is 396 g/mol. The van der Waals surface area contributed by atoms with Crippen LogP contribution in [0, 0.1) is 3.57 Å². The number of halogens is 5. The zero-order valence-electron chi connectivity index (χ0n) is 6.40. The van der Waals surface area contributed by atoms with Gasteiger partial charge in [-0.1, -0.05) is 0 Å². The molecule has 0 saturated heterocycles. The van der Waals surface area contributed by atoms with Crippen LogP contribution in [0.5, 0.6) is 0 Å². The molecule has 1 aromatic heterocycles.